The number of benzene rings is 2. The molecule has 2 aromatic heterocycles. The zero-order chi connectivity index (χ0) is 25.4. The molecule has 1 amide bonds. The normalized spacial score (nSPS) is 14.8. The predicted octanol–water partition coefficient (Wildman–Crippen LogP) is 5.64. The third kappa shape index (κ3) is 4.55. The molecular weight excluding hydrogens is 497 g/mol. The van der Waals surface area contributed by atoms with Crippen LogP contribution in [-0.4, -0.2) is 24.5 Å². The molecule has 180 valence electrons. The van der Waals surface area contributed by atoms with Gasteiger partial charge in [0.2, 0.25) is 5.88 Å². The Morgan fingerprint density at radius 1 is 1.06 bits per heavy atom. The van der Waals surface area contributed by atoms with E-state index in [1.165, 1.54) is 27.5 Å². The van der Waals surface area contributed by atoms with Crippen LogP contribution in [0.2, 0.25) is 0 Å². The number of aryl methyl sites for hydroxylation is 1. The average molecular weight is 518 g/mol. The Kier molecular flexibility index (Phi) is 6.42. The molecule has 0 bridgehead atoms. The maximum absolute atomic E-state index is 13.5. The molecule has 5 rings (SSSR count). The first-order valence-electron chi connectivity index (χ1n) is 11.1. The number of nitrogens with zero attached hydrogens (tertiary/aromatic N) is 3. The number of ether oxygens (including phenoxy) is 1. The van der Waals surface area contributed by atoms with Gasteiger partial charge in [-0.15, -0.1) is 0 Å². The van der Waals surface area contributed by atoms with E-state index in [0.717, 1.165) is 28.5 Å². The molecule has 0 N–H and O–H groups in total. The number of aromatic nitrogens is 2. The smallest absolute Gasteiger partial charge is 0.269 e. The topological polar surface area (TPSA) is 63.9 Å². The molecule has 6 nitrogen and oxygen atoms in total. The molecule has 1 aliphatic rings. The van der Waals surface area contributed by atoms with Crippen LogP contribution < -0.4 is 10.3 Å². The summed E-state index contributed by atoms with van der Waals surface area (Å²) in [5.74, 6) is -0.0290. The van der Waals surface area contributed by atoms with Crippen molar-refractivity contribution >= 4 is 45.9 Å². The minimum Gasteiger partial charge on any atom is -0.438 e. The van der Waals surface area contributed by atoms with Gasteiger partial charge in [0.1, 0.15) is 27.1 Å². The maximum Gasteiger partial charge on any atom is 0.269 e. The predicted molar refractivity (Wildman–Crippen MR) is 143 cm³/mol. The number of hydrogen-bond acceptors (Lipinski definition) is 6. The highest BCUT2D eigenvalue weighted by atomic mass is 32.2. The number of halogens is 1. The van der Waals surface area contributed by atoms with Gasteiger partial charge in [0.05, 0.1) is 11.4 Å². The Labute approximate surface area is 216 Å². The summed E-state index contributed by atoms with van der Waals surface area (Å²) in [4.78, 5) is 33.0. The summed E-state index contributed by atoms with van der Waals surface area (Å²) in [6.07, 6.45) is 3.10. The summed E-state index contributed by atoms with van der Waals surface area (Å²) in [7, 11) is 0. The minimum atomic E-state index is -0.371. The van der Waals surface area contributed by atoms with Gasteiger partial charge in [0.25, 0.3) is 11.5 Å². The van der Waals surface area contributed by atoms with Gasteiger partial charge in [-0.1, -0.05) is 54.3 Å². The van der Waals surface area contributed by atoms with Crippen LogP contribution in [-0.2, 0) is 11.3 Å². The van der Waals surface area contributed by atoms with Crippen molar-refractivity contribution in [3.05, 3.63) is 110 Å². The fourth-order valence-corrected chi connectivity index (χ4v) is 5.00. The second-order valence-corrected chi connectivity index (χ2v) is 9.93. The number of hydrogen-bond donors (Lipinski definition) is 0. The van der Waals surface area contributed by atoms with E-state index in [9.17, 15) is 14.0 Å². The summed E-state index contributed by atoms with van der Waals surface area (Å²) >= 11 is 6.53. The largest absolute Gasteiger partial charge is 0.438 e. The van der Waals surface area contributed by atoms with Crippen LogP contribution in [0.1, 0.15) is 22.3 Å². The minimum absolute atomic E-state index is 0.101. The van der Waals surface area contributed by atoms with Crippen molar-refractivity contribution in [1.82, 2.24) is 14.3 Å². The van der Waals surface area contributed by atoms with Crippen LogP contribution in [0.25, 0.3) is 11.7 Å². The second kappa shape index (κ2) is 9.67. The first-order valence-corrected chi connectivity index (χ1v) is 12.3. The van der Waals surface area contributed by atoms with E-state index in [4.69, 9.17) is 17.0 Å². The van der Waals surface area contributed by atoms with E-state index >= 15 is 0 Å². The highest BCUT2D eigenvalue weighted by Gasteiger charge is 2.33. The summed E-state index contributed by atoms with van der Waals surface area (Å²) in [6.45, 7) is 4.10. The Hall–Kier alpha value is -3.82. The monoisotopic (exact) mass is 517 g/mol. The lowest BCUT2D eigenvalue weighted by atomic mass is 10.1. The first-order chi connectivity index (χ1) is 17.3. The lowest BCUT2D eigenvalue weighted by Gasteiger charge is -2.14. The number of amides is 1. The van der Waals surface area contributed by atoms with E-state index in [1.807, 2.05) is 32.0 Å². The van der Waals surface area contributed by atoms with Crippen LogP contribution >= 0.6 is 24.0 Å². The van der Waals surface area contributed by atoms with E-state index in [-0.39, 0.29) is 40.2 Å². The van der Waals surface area contributed by atoms with Crippen LogP contribution in [0.15, 0.2) is 76.6 Å². The quantitative estimate of drug-likeness (QED) is 0.252. The molecule has 9 heteroatoms. The van der Waals surface area contributed by atoms with Gasteiger partial charge in [0.15, 0.2) is 0 Å². The van der Waals surface area contributed by atoms with E-state index in [2.05, 4.69) is 4.98 Å². The highest BCUT2D eigenvalue weighted by molar-refractivity contribution is 8.26. The zero-order valence-corrected chi connectivity index (χ0v) is 21.0. The van der Waals surface area contributed by atoms with Gasteiger partial charge in [0, 0.05) is 6.20 Å². The molecule has 0 saturated carbocycles. The summed E-state index contributed by atoms with van der Waals surface area (Å²) in [5, 5.41) is 0. The molecule has 2 aromatic carbocycles. The van der Waals surface area contributed by atoms with E-state index in [0.29, 0.717) is 15.7 Å². The lowest BCUT2D eigenvalue weighted by molar-refractivity contribution is -0.122. The number of rotatable bonds is 5. The van der Waals surface area contributed by atoms with Gasteiger partial charge in [-0.25, -0.2) is 4.39 Å². The first kappa shape index (κ1) is 23.9. The molecule has 0 radical (unpaired) electrons. The fraction of sp³-hybridized carbons (Fsp3) is 0.111. The average Bonchev–Trinajstić information content (AvgIpc) is 3.13. The highest BCUT2D eigenvalue weighted by Crippen LogP contribution is 2.35. The van der Waals surface area contributed by atoms with E-state index < -0.39 is 0 Å². The molecule has 1 fully saturated rings. The number of carbonyl (C=O) groups is 1. The molecule has 36 heavy (non-hydrogen) atoms. The molecule has 0 unspecified atom stereocenters. The molecule has 1 saturated heterocycles. The van der Waals surface area contributed by atoms with Crippen molar-refractivity contribution in [2.45, 2.75) is 20.4 Å². The van der Waals surface area contributed by atoms with E-state index in [1.54, 1.807) is 36.5 Å². The standard InChI is InChI=1S/C27H20FN3O3S2/c1-16-6-5-7-21(17(16)2)34-24-20(25(32)30-13-4-3-8-23(30)29-24)14-22-26(33)31(27(35)36-22)15-18-9-11-19(28)12-10-18/h3-14H,15H2,1-2H3/b22-14+. The number of fused-ring (bicyclic) bond motifs is 1. The SMILES string of the molecule is Cc1cccc(Oc2nc3ccccn3c(=O)c2/C=C2/SC(=S)N(Cc3ccc(F)cc3)C2=O)c1C. The number of thiocarbonyl (C=S) groups is 1. The number of thioether (sulfide) groups is 1. The van der Waals surface area contributed by atoms with Gasteiger partial charge in [-0.3, -0.25) is 18.9 Å². The Morgan fingerprint density at radius 2 is 1.83 bits per heavy atom. The van der Waals surface area contributed by atoms with Crippen molar-refractivity contribution in [1.29, 1.82) is 0 Å². The summed E-state index contributed by atoms with van der Waals surface area (Å²) in [6, 6.07) is 16.7. The molecule has 0 aliphatic carbocycles. The van der Waals surface area contributed by atoms with Crippen LogP contribution in [0, 0.1) is 19.7 Å². The van der Waals surface area contributed by atoms with Crippen LogP contribution in [0.5, 0.6) is 11.6 Å². The molecule has 1 aliphatic heterocycles. The third-order valence-electron chi connectivity index (χ3n) is 5.90. The number of pyridine rings is 1. The van der Waals surface area contributed by atoms with Crippen molar-refractivity contribution in [2.75, 3.05) is 0 Å². The molecule has 4 aromatic rings. The second-order valence-electron chi connectivity index (χ2n) is 8.26. The lowest BCUT2D eigenvalue weighted by Crippen LogP contribution is -2.27. The Morgan fingerprint density at radius 3 is 2.61 bits per heavy atom. The Balaban J connectivity index is 1.57. The molecule has 3 heterocycles. The van der Waals surface area contributed by atoms with Gasteiger partial charge in [-0.05, 0) is 66.9 Å². The molecule has 0 spiro atoms. The molecular formula is C27H20FN3O3S2. The van der Waals surface area contributed by atoms with Crippen molar-refractivity contribution in [2.24, 2.45) is 0 Å². The fourth-order valence-electron chi connectivity index (χ4n) is 3.76. The van der Waals surface area contributed by atoms with Gasteiger partial charge >= 0.3 is 0 Å². The van der Waals surface area contributed by atoms with Crippen LogP contribution in [0.4, 0.5) is 4.39 Å². The van der Waals surface area contributed by atoms with Crippen LogP contribution in [0.3, 0.4) is 0 Å². The zero-order valence-electron chi connectivity index (χ0n) is 19.4. The van der Waals surface area contributed by atoms with Crippen molar-refractivity contribution in [3.8, 4) is 11.6 Å². The van der Waals surface area contributed by atoms with Gasteiger partial charge in [-0.2, -0.15) is 4.98 Å². The van der Waals surface area contributed by atoms with Crippen molar-refractivity contribution < 1.29 is 13.9 Å². The Bertz CT molecular complexity index is 1610. The summed E-state index contributed by atoms with van der Waals surface area (Å²) in [5.41, 5.74) is 2.88. The number of carbonyl (C=O) groups excluding carboxylic acids is 1. The maximum atomic E-state index is 13.5. The summed E-state index contributed by atoms with van der Waals surface area (Å²) < 4.78 is 21.2. The van der Waals surface area contributed by atoms with Gasteiger partial charge < -0.3 is 4.74 Å². The molecule has 0 atom stereocenters. The van der Waals surface area contributed by atoms with Crippen molar-refractivity contribution in [3.63, 3.8) is 0 Å². The third-order valence-corrected chi connectivity index (χ3v) is 7.28.